The van der Waals surface area contributed by atoms with Gasteiger partial charge in [0.05, 0.1) is 18.2 Å². The molecule has 7 heteroatoms. The molecule has 0 radical (unpaired) electrons. The van der Waals surface area contributed by atoms with Crippen molar-refractivity contribution in [3.8, 4) is 5.75 Å². The maximum Gasteiger partial charge on any atom is 0.295 e. The summed E-state index contributed by atoms with van der Waals surface area (Å²) in [7, 11) is 7.74. The number of aliphatic hydroxyl groups excluding tert-OH is 1. The summed E-state index contributed by atoms with van der Waals surface area (Å²) in [6.45, 7) is 5.25. The van der Waals surface area contributed by atoms with Crippen molar-refractivity contribution in [2.45, 2.75) is 19.9 Å². The highest BCUT2D eigenvalue weighted by atomic mass is 16.5. The predicted molar refractivity (Wildman–Crippen MR) is 131 cm³/mol. The number of amides is 1. The van der Waals surface area contributed by atoms with Crippen LogP contribution < -0.4 is 9.64 Å². The molecule has 0 spiro atoms. The van der Waals surface area contributed by atoms with Crippen LogP contribution in [0.2, 0.25) is 0 Å². The number of hydrogen-bond acceptors (Lipinski definition) is 6. The van der Waals surface area contributed by atoms with Gasteiger partial charge in [-0.1, -0.05) is 12.1 Å². The molecule has 2 aromatic carbocycles. The number of aliphatic hydroxyl groups is 1. The first kappa shape index (κ1) is 24.3. The molecular weight excluding hydrogens is 418 g/mol. The molecule has 1 aliphatic rings. The molecule has 1 amide bonds. The van der Waals surface area contributed by atoms with Crippen molar-refractivity contribution in [3.63, 3.8) is 0 Å². The summed E-state index contributed by atoms with van der Waals surface area (Å²) in [5.41, 5.74) is 3.18. The Labute approximate surface area is 195 Å². The molecule has 0 aliphatic carbocycles. The number of likely N-dealkylation sites (tertiary alicyclic amines) is 1. The minimum absolute atomic E-state index is 0.114. The number of rotatable bonds is 8. The van der Waals surface area contributed by atoms with Crippen molar-refractivity contribution in [2.24, 2.45) is 0 Å². The molecule has 1 heterocycles. The lowest BCUT2D eigenvalue weighted by Gasteiger charge is -2.27. The second-order valence-electron chi connectivity index (χ2n) is 8.69. The largest absolute Gasteiger partial charge is 0.507 e. The molecule has 33 heavy (non-hydrogen) atoms. The molecule has 176 valence electrons. The van der Waals surface area contributed by atoms with E-state index in [1.54, 1.807) is 17.0 Å². The summed E-state index contributed by atoms with van der Waals surface area (Å²) in [5.74, 6) is -0.735. The molecule has 7 nitrogen and oxygen atoms in total. The Balaban J connectivity index is 2.13. The third kappa shape index (κ3) is 5.03. The number of benzene rings is 2. The Kier molecular flexibility index (Phi) is 7.43. The zero-order chi connectivity index (χ0) is 24.3. The van der Waals surface area contributed by atoms with Gasteiger partial charge in [0, 0.05) is 38.4 Å². The molecule has 0 aromatic heterocycles. The summed E-state index contributed by atoms with van der Waals surface area (Å²) in [4.78, 5) is 31.7. The van der Waals surface area contributed by atoms with Crippen LogP contribution >= 0.6 is 0 Å². The van der Waals surface area contributed by atoms with E-state index in [9.17, 15) is 14.7 Å². The van der Waals surface area contributed by atoms with Crippen LogP contribution in [0.1, 0.15) is 29.7 Å². The third-order valence-electron chi connectivity index (χ3n) is 5.82. The van der Waals surface area contributed by atoms with Gasteiger partial charge in [-0.2, -0.15) is 0 Å². The number of hydrogen-bond donors (Lipinski definition) is 1. The predicted octanol–water partition coefficient (Wildman–Crippen LogP) is 3.44. The second kappa shape index (κ2) is 10.1. The molecule has 1 N–H and O–H groups in total. The standard InChI is InChI=1S/C26H33N3O4/c1-7-33-20-12-13-21(17(2)16-20)24(30)22-23(18-8-10-19(11-9-18)28(5)6)29(15-14-27(3)4)26(32)25(22)31/h8-13,16,23,30H,7,14-15H2,1-6H3/b24-22+. The van der Waals surface area contributed by atoms with Crippen molar-refractivity contribution in [1.82, 2.24) is 9.80 Å². The van der Waals surface area contributed by atoms with Gasteiger partial charge < -0.3 is 24.5 Å². The Morgan fingerprint density at radius 1 is 1.06 bits per heavy atom. The van der Waals surface area contributed by atoms with Crippen LogP contribution in [-0.4, -0.2) is 74.5 Å². The van der Waals surface area contributed by atoms with E-state index in [0.717, 1.165) is 16.8 Å². The van der Waals surface area contributed by atoms with Crippen LogP contribution in [0, 0.1) is 6.92 Å². The van der Waals surface area contributed by atoms with E-state index in [4.69, 9.17) is 4.74 Å². The van der Waals surface area contributed by atoms with E-state index in [-0.39, 0.29) is 11.3 Å². The normalized spacial score (nSPS) is 17.7. The number of anilines is 1. The topological polar surface area (TPSA) is 73.3 Å². The lowest BCUT2D eigenvalue weighted by atomic mass is 9.93. The summed E-state index contributed by atoms with van der Waals surface area (Å²) in [6, 6.07) is 12.4. The maximum absolute atomic E-state index is 13.2. The maximum atomic E-state index is 13.2. The highest BCUT2D eigenvalue weighted by Crippen LogP contribution is 2.40. The Morgan fingerprint density at radius 3 is 2.27 bits per heavy atom. The molecule has 3 rings (SSSR count). The van der Waals surface area contributed by atoms with Crippen molar-refractivity contribution < 1.29 is 19.4 Å². The number of ketones is 1. The number of likely N-dealkylation sites (N-methyl/N-ethyl adjacent to an activating group) is 1. The fourth-order valence-electron chi connectivity index (χ4n) is 4.02. The lowest BCUT2D eigenvalue weighted by molar-refractivity contribution is -0.140. The second-order valence-corrected chi connectivity index (χ2v) is 8.69. The van der Waals surface area contributed by atoms with E-state index in [0.29, 0.717) is 31.0 Å². The van der Waals surface area contributed by atoms with E-state index >= 15 is 0 Å². The molecular formula is C26H33N3O4. The monoisotopic (exact) mass is 451 g/mol. The SMILES string of the molecule is CCOc1ccc(/C(O)=C2\C(=O)C(=O)N(CCN(C)C)C2c2ccc(N(C)C)cc2)c(C)c1. The zero-order valence-corrected chi connectivity index (χ0v) is 20.3. The molecule has 2 aromatic rings. The van der Waals surface area contributed by atoms with Gasteiger partial charge in [-0.15, -0.1) is 0 Å². The van der Waals surface area contributed by atoms with Gasteiger partial charge in [0.1, 0.15) is 11.5 Å². The van der Waals surface area contributed by atoms with Gasteiger partial charge in [-0.05, 0) is 69.4 Å². The fourth-order valence-corrected chi connectivity index (χ4v) is 4.02. The lowest BCUT2D eigenvalue weighted by Crippen LogP contribution is -2.35. The average Bonchev–Trinajstić information content (AvgIpc) is 3.02. The molecule has 1 aliphatic heterocycles. The molecule has 0 bridgehead atoms. The first-order valence-electron chi connectivity index (χ1n) is 11.1. The highest BCUT2D eigenvalue weighted by molar-refractivity contribution is 6.46. The smallest absolute Gasteiger partial charge is 0.295 e. The van der Waals surface area contributed by atoms with Crippen LogP contribution in [0.3, 0.4) is 0 Å². The molecule has 1 atom stereocenters. The van der Waals surface area contributed by atoms with Crippen molar-refractivity contribution in [1.29, 1.82) is 0 Å². The average molecular weight is 452 g/mol. The van der Waals surface area contributed by atoms with Gasteiger partial charge in [-0.25, -0.2) is 0 Å². The number of nitrogens with zero attached hydrogens (tertiary/aromatic N) is 3. The third-order valence-corrected chi connectivity index (χ3v) is 5.82. The van der Waals surface area contributed by atoms with Gasteiger partial charge >= 0.3 is 0 Å². The van der Waals surface area contributed by atoms with Crippen LogP contribution in [0.4, 0.5) is 5.69 Å². The number of Topliss-reactive ketones (excluding diaryl/α,β-unsaturated/α-hetero) is 1. The van der Waals surface area contributed by atoms with E-state index in [2.05, 4.69) is 0 Å². The van der Waals surface area contributed by atoms with Crippen LogP contribution in [0.5, 0.6) is 5.75 Å². The van der Waals surface area contributed by atoms with Gasteiger partial charge in [0.15, 0.2) is 0 Å². The molecule has 0 saturated carbocycles. The van der Waals surface area contributed by atoms with Crippen molar-refractivity contribution in [3.05, 3.63) is 64.7 Å². The highest BCUT2D eigenvalue weighted by Gasteiger charge is 2.46. The van der Waals surface area contributed by atoms with E-state index < -0.39 is 17.7 Å². The summed E-state index contributed by atoms with van der Waals surface area (Å²) >= 11 is 0. The van der Waals surface area contributed by atoms with E-state index in [1.807, 2.05) is 82.2 Å². The number of aryl methyl sites for hydroxylation is 1. The van der Waals surface area contributed by atoms with Crippen LogP contribution in [0.25, 0.3) is 5.76 Å². The molecule has 1 saturated heterocycles. The Hall–Kier alpha value is -3.32. The minimum Gasteiger partial charge on any atom is -0.507 e. The van der Waals surface area contributed by atoms with Gasteiger partial charge in [0.2, 0.25) is 0 Å². The van der Waals surface area contributed by atoms with Gasteiger partial charge in [0.25, 0.3) is 11.7 Å². The molecule has 1 fully saturated rings. The van der Waals surface area contributed by atoms with Crippen molar-refractivity contribution in [2.75, 3.05) is 52.8 Å². The van der Waals surface area contributed by atoms with Gasteiger partial charge in [-0.3, -0.25) is 9.59 Å². The summed E-state index contributed by atoms with van der Waals surface area (Å²) < 4.78 is 5.54. The Bertz CT molecular complexity index is 1060. The van der Waals surface area contributed by atoms with Crippen LogP contribution in [0.15, 0.2) is 48.0 Å². The molecule has 1 unspecified atom stereocenters. The summed E-state index contributed by atoms with van der Waals surface area (Å²) in [5, 5.41) is 11.3. The minimum atomic E-state index is -0.666. The van der Waals surface area contributed by atoms with Crippen molar-refractivity contribution >= 4 is 23.1 Å². The zero-order valence-electron chi connectivity index (χ0n) is 20.3. The fraction of sp³-hybridized carbons (Fsp3) is 0.385. The first-order valence-corrected chi connectivity index (χ1v) is 11.1. The number of ether oxygens (including phenoxy) is 1. The Morgan fingerprint density at radius 2 is 1.73 bits per heavy atom. The number of carbonyl (C=O) groups excluding carboxylic acids is 2. The number of carbonyl (C=O) groups is 2. The first-order chi connectivity index (χ1) is 15.6. The summed E-state index contributed by atoms with van der Waals surface area (Å²) in [6.07, 6.45) is 0. The van der Waals surface area contributed by atoms with E-state index in [1.165, 1.54) is 0 Å². The quantitative estimate of drug-likeness (QED) is 0.377. The van der Waals surface area contributed by atoms with Crippen LogP contribution in [-0.2, 0) is 9.59 Å².